The molecule has 0 radical (unpaired) electrons. The number of nitro groups is 1. The molecule has 0 saturated carbocycles. The van der Waals surface area contributed by atoms with Crippen LogP contribution >= 0.6 is 11.6 Å². The summed E-state index contributed by atoms with van der Waals surface area (Å²) in [5.41, 5.74) is 0.0372. The number of nitro benzene ring substituents is 1. The van der Waals surface area contributed by atoms with E-state index in [4.69, 9.17) is 11.6 Å². The van der Waals surface area contributed by atoms with Crippen LogP contribution in [0.15, 0.2) is 18.2 Å². The predicted octanol–water partition coefficient (Wildman–Crippen LogP) is 3.26. The molecule has 1 aliphatic heterocycles. The van der Waals surface area contributed by atoms with E-state index in [1.807, 2.05) is 13.8 Å². The standard InChI is InChI=1S/C13H15ClN2O3/c1-13(2)6-3-7-15(13)12(17)9-4-5-11(16(18)19)10(14)8-9/h4-5,8H,3,6-7H2,1-2H3. The molecule has 1 amide bonds. The molecule has 2 rings (SSSR count). The Kier molecular flexibility index (Phi) is 3.49. The second-order valence-electron chi connectivity index (χ2n) is 5.30. The first-order valence-electron chi connectivity index (χ1n) is 6.09. The van der Waals surface area contributed by atoms with E-state index in [0.29, 0.717) is 12.1 Å². The molecule has 0 bridgehead atoms. The summed E-state index contributed by atoms with van der Waals surface area (Å²) in [5.74, 6) is -0.126. The fourth-order valence-corrected chi connectivity index (χ4v) is 2.68. The number of hydrogen-bond donors (Lipinski definition) is 0. The van der Waals surface area contributed by atoms with Gasteiger partial charge in [-0.25, -0.2) is 0 Å². The van der Waals surface area contributed by atoms with Crippen molar-refractivity contribution in [3.8, 4) is 0 Å². The highest BCUT2D eigenvalue weighted by Crippen LogP contribution is 2.31. The van der Waals surface area contributed by atoms with Crippen LogP contribution in [0.25, 0.3) is 0 Å². The second-order valence-corrected chi connectivity index (χ2v) is 5.70. The number of nitrogens with zero attached hydrogens (tertiary/aromatic N) is 2. The highest BCUT2D eigenvalue weighted by atomic mass is 35.5. The van der Waals surface area contributed by atoms with E-state index < -0.39 is 4.92 Å². The first-order valence-corrected chi connectivity index (χ1v) is 6.46. The average molecular weight is 283 g/mol. The molecule has 6 heteroatoms. The maximum atomic E-state index is 12.4. The normalized spacial score (nSPS) is 17.5. The molecule has 1 aromatic rings. The van der Waals surface area contributed by atoms with Crippen LogP contribution in [0, 0.1) is 10.1 Å². The summed E-state index contributed by atoms with van der Waals surface area (Å²) in [7, 11) is 0. The number of hydrogen-bond acceptors (Lipinski definition) is 3. The zero-order chi connectivity index (χ0) is 14.2. The Morgan fingerprint density at radius 3 is 2.63 bits per heavy atom. The maximum Gasteiger partial charge on any atom is 0.287 e. The number of carbonyl (C=O) groups is 1. The largest absolute Gasteiger partial charge is 0.334 e. The fourth-order valence-electron chi connectivity index (χ4n) is 2.43. The number of likely N-dealkylation sites (tertiary alicyclic amines) is 1. The van der Waals surface area contributed by atoms with Gasteiger partial charge in [0.1, 0.15) is 5.02 Å². The molecule has 102 valence electrons. The number of halogens is 1. The fraction of sp³-hybridized carbons (Fsp3) is 0.462. The lowest BCUT2D eigenvalue weighted by atomic mass is 10.0. The van der Waals surface area contributed by atoms with E-state index >= 15 is 0 Å². The zero-order valence-corrected chi connectivity index (χ0v) is 11.6. The molecular formula is C13H15ClN2O3. The second kappa shape index (κ2) is 4.81. The Hall–Kier alpha value is -1.62. The first-order chi connectivity index (χ1) is 8.83. The molecule has 1 heterocycles. The van der Waals surface area contributed by atoms with Gasteiger partial charge in [0.25, 0.3) is 11.6 Å². The summed E-state index contributed by atoms with van der Waals surface area (Å²) in [4.78, 5) is 24.3. The molecule has 0 N–H and O–H groups in total. The van der Waals surface area contributed by atoms with E-state index in [9.17, 15) is 14.9 Å². The number of carbonyl (C=O) groups excluding carboxylic acids is 1. The lowest BCUT2D eigenvalue weighted by Crippen LogP contribution is -2.42. The van der Waals surface area contributed by atoms with Crippen molar-refractivity contribution in [1.82, 2.24) is 4.90 Å². The van der Waals surface area contributed by atoms with Crippen molar-refractivity contribution < 1.29 is 9.72 Å². The van der Waals surface area contributed by atoms with Gasteiger partial charge in [0.2, 0.25) is 0 Å². The first kappa shape index (κ1) is 13.8. The molecule has 0 spiro atoms. The number of rotatable bonds is 2. The summed E-state index contributed by atoms with van der Waals surface area (Å²) in [5, 5.41) is 10.7. The smallest absolute Gasteiger partial charge is 0.287 e. The van der Waals surface area contributed by atoms with Crippen molar-refractivity contribution in [3.05, 3.63) is 38.9 Å². The quantitative estimate of drug-likeness (QED) is 0.618. The van der Waals surface area contributed by atoms with Crippen molar-refractivity contribution in [2.24, 2.45) is 0 Å². The third-order valence-electron chi connectivity index (χ3n) is 3.54. The van der Waals surface area contributed by atoms with Crippen LogP contribution in [0.5, 0.6) is 0 Å². The van der Waals surface area contributed by atoms with Crippen LogP contribution in [-0.4, -0.2) is 27.8 Å². The minimum absolute atomic E-state index is 0.00662. The Morgan fingerprint density at radius 1 is 1.47 bits per heavy atom. The van der Waals surface area contributed by atoms with Crippen molar-refractivity contribution in [2.75, 3.05) is 6.54 Å². The SMILES string of the molecule is CC1(C)CCCN1C(=O)c1ccc([N+](=O)[O-])c(Cl)c1. The summed E-state index contributed by atoms with van der Waals surface area (Å²) in [6.45, 7) is 4.75. The summed E-state index contributed by atoms with van der Waals surface area (Å²) in [6.07, 6.45) is 1.93. The molecule has 0 atom stereocenters. The van der Waals surface area contributed by atoms with Gasteiger partial charge < -0.3 is 4.90 Å². The highest BCUT2D eigenvalue weighted by molar-refractivity contribution is 6.33. The van der Waals surface area contributed by atoms with Crippen molar-refractivity contribution >= 4 is 23.2 Å². The predicted molar refractivity (Wildman–Crippen MR) is 72.5 cm³/mol. The monoisotopic (exact) mass is 282 g/mol. The Labute approximate surface area is 116 Å². The topological polar surface area (TPSA) is 63.5 Å². The molecule has 1 aromatic carbocycles. The van der Waals surface area contributed by atoms with Gasteiger partial charge in [0.15, 0.2) is 0 Å². The zero-order valence-electron chi connectivity index (χ0n) is 10.9. The van der Waals surface area contributed by atoms with Crippen LogP contribution in [0.1, 0.15) is 37.0 Å². The highest BCUT2D eigenvalue weighted by Gasteiger charge is 2.36. The molecule has 0 aromatic heterocycles. The Morgan fingerprint density at radius 2 is 2.16 bits per heavy atom. The third-order valence-corrected chi connectivity index (χ3v) is 3.84. The molecule has 1 saturated heterocycles. The summed E-state index contributed by atoms with van der Waals surface area (Å²) in [6, 6.07) is 4.11. The van der Waals surface area contributed by atoms with Gasteiger partial charge in [-0.05, 0) is 38.8 Å². The molecule has 0 unspecified atom stereocenters. The minimum Gasteiger partial charge on any atom is -0.334 e. The van der Waals surface area contributed by atoms with Gasteiger partial charge in [-0.3, -0.25) is 14.9 Å². The molecule has 0 aliphatic carbocycles. The lowest BCUT2D eigenvalue weighted by molar-refractivity contribution is -0.384. The van der Waals surface area contributed by atoms with Gasteiger partial charge in [-0.2, -0.15) is 0 Å². The van der Waals surface area contributed by atoms with Crippen molar-refractivity contribution in [2.45, 2.75) is 32.2 Å². The van der Waals surface area contributed by atoms with E-state index in [0.717, 1.165) is 12.8 Å². The average Bonchev–Trinajstić information content (AvgIpc) is 2.67. The maximum absolute atomic E-state index is 12.4. The van der Waals surface area contributed by atoms with Gasteiger partial charge >= 0.3 is 0 Å². The molecule has 19 heavy (non-hydrogen) atoms. The van der Waals surface area contributed by atoms with Crippen LogP contribution in [0.3, 0.4) is 0 Å². The van der Waals surface area contributed by atoms with Crippen LogP contribution in [0.2, 0.25) is 5.02 Å². The number of amides is 1. The van der Waals surface area contributed by atoms with Gasteiger partial charge in [0.05, 0.1) is 4.92 Å². The Balaban J connectivity index is 2.30. The van der Waals surface area contributed by atoms with E-state index in [-0.39, 0.29) is 22.2 Å². The van der Waals surface area contributed by atoms with Gasteiger partial charge in [0, 0.05) is 23.7 Å². The van der Waals surface area contributed by atoms with Crippen LogP contribution < -0.4 is 0 Å². The van der Waals surface area contributed by atoms with E-state index in [1.165, 1.54) is 18.2 Å². The summed E-state index contributed by atoms with van der Waals surface area (Å²) >= 11 is 5.83. The van der Waals surface area contributed by atoms with E-state index in [2.05, 4.69) is 0 Å². The molecule has 1 fully saturated rings. The third kappa shape index (κ3) is 2.56. The van der Waals surface area contributed by atoms with Gasteiger partial charge in [-0.1, -0.05) is 11.6 Å². The van der Waals surface area contributed by atoms with Crippen LogP contribution in [-0.2, 0) is 0 Å². The molecular weight excluding hydrogens is 268 g/mol. The van der Waals surface area contributed by atoms with Gasteiger partial charge in [-0.15, -0.1) is 0 Å². The van der Waals surface area contributed by atoms with Crippen molar-refractivity contribution in [1.29, 1.82) is 0 Å². The van der Waals surface area contributed by atoms with Crippen LogP contribution in [0.4, 0.5) is 5.69 Å². The number of benzene rings is 1. The molecule has 1 aliphatic rings. The molecule has 5 nitrogen and oxygen atoms in total. The minimum atomic E-state index is -0.559. The Bertz CT molecular complexity index is 543. The van der Waals surface area contributed by atoms with E-state index in [1.54, 1.807) is 4.90 Å². The summed E-state index contributed by atoms with van der Waals surface area (Å²) < 4.78 is 0. The van der Waals surface area contributed by atoms with Crippen molar-refractivity contribution in [3.63, 3.8) is 0 Å². The lowest BCUT2D eigenvalue weighted by Gasteiger charge is -2.31.